The van der Waals surface area contributed by atoms with Gasteiger partial charge in [-0.3, -0.25) is 4.68 Å². The Morgan fingerprint density at radius 1 is 1.70 bits per heavy atom. The smallest absolute Gasteiger partial charge is 0.0654 e. The summed E-state index contributed by atoms with van der Waals surface area (Å²) < 4.78 is 2.00. The topological polar surface area (TPSA) is 17.8 Å². The maximum absolute atomic E-state index is 5.26. The Morgan fingerprint density at radius 2 is 2.60 bits per heavy atom. The summed E-state index contributed by atoms with van der Waals surface area (Å²) >= 11 is 0. The van der Waals surface area contributed by atoms with Crippen LogP contribution in [0.15, 0.2) is 6.20 Å². The maximum Gasteiger partial charge on any atom is 0.0654 e. The van der Waals surface area contributed by atoms with E-state index in [4.69, 9.17) is 6.42 Å². The molecule has 0 atom stereocenters. The molecule has 0 bridgehead atoms. The Bertz CT molecular complexity index is 291. The molecule has 1 aromatic rings. The minimum absolute atomic E-state index is 0.970. The molecular formula is C8H8N2. The number of fused-ring (bicyclic) bond motifs is 1. The fourth-order valence-electron chi connectivity index (χ4n) is 1.38. The lowest BCUT2D eigenvalue weighted by Gasteiger charge is -1.90. The van der Waals surface area contributed by atoms with Gasteiger partial charge in [-0.05, 0) is 12.8 Å². The normalized spacial score (nSPS) is 14.7. The molecule has 1 aliphatic rings. The van der Waals surface area contributed by atoms with Gasteiger partial charge in [0, 0.05) is 6.54 Å². The van der Waals surface area contributed by atoms with Crippen LogP contribution in [0.2, 0.25) is 0 Å². The van der Waals surface area contributed by atoms with Crippen LogP contribution in [-0.4, -0.2) is 9.78 Å². The van der Waals surface area contributed by atoms with Crippen LogP contribution in [0.25, 0.3) is 0 Å². The van der Waals surface area contributed by atoms with Crippen LogP contribution in [-0.2, 0) is 13.0 Å². The van der Waals surface area contributed by atoms with Crippen LogP contribution in [0.3, 0.4) is 0 Å². The minimum Gasteiger partial charge on any atom is -0.268 e. The van der Waals surface area contributed by atoms with E-state index in [1.54, 1.807) is 6.20 Å². The first-order chi connectivity index (χ1) is 4.92. The molecule has 0 spiro atoms. The Morgan fingerprint density at radius 3 is 3.40 bits per heavy atom. The van der Waals surface area contributed by atoms with Crippen molar-refractivity contribution in [2.75, 3.05) is 0 Å². The molecule has 0 radical (unpaired) electrons. The molecule has 10 heavy (non-hydrogen) atoms. The van der Waals surface area contributed by atoms with Gasteiger partial charge in [0.1, 0.15) is 0 Å². The molecule has 50 valence electrons. The molecule has 2 nitrogen and oxygen atoms in total. The Labute approximate surface area is 59.9 Å². The van der Waals surface area contributed by atoms with E-state index in [-0.39, 0.29) is 0 Å². The molecule has 2 heteroatoms. The fourth-order valence-corrected chi connectivity index (χ4v) is 1.38. The van der Waals surface area contributed by atoms with Gasteiger partial charge >= 0.3 is 0 Å². The highest BCUT2D eigenvalue weighted by Crippen LogP contribution is 2.16. The highest BCUT2D eigenvalue weighted by molar-refractivity contribution is 5.35. The van der Waals surface area contributed by atoms with Crippen molar-refractivity contribution >= 4 is 0 Å². The SMILES string of the molecule is C#Cc1cnn2c1CCC2. The van der Waals surface area contributed by atoms with Crippen LogP contribution in [0.4, 0.5) is 0 Å². The van der Waals surface area contributed by atoms with Crippen molar-refractivity contribution in [2.45, 2.75) is 19.4 Å². The molecule has 1 aliphatic heterocycles. The van der Waals surface area contributed by atoms with Crippen molar-refractivity contribution < 1.29 is 0 Å². The second-order valence-electron chi connectivity index (χ2n) is 2.48. The second kappa shape index (κ2) is 1.88. The summed E-state index contributed by atoms with van der Waals surface area (Å²) in [5, 5.41) is 4.14. The van der Waals surface area contributed by atoms with Gasteiger partial charge in [-0.25, -0.2) is 0 Å². The average Bonchev–Trinajstić information content (AvgIpc) is 2.44. The van der Waals surface area contributed by atoms with Crippen LogP contribution >= 0.6 is 0 Å². The van der Waals surface area contributed by atoms with Crippen LogP contribution in [0, 0.1) is 12.3 Å². The number of rotatable bonds is 0. The van der Waals surface area contributed by atoms with Gasteiger partial charge in [0.2, 0.25) is 0 Å². The van der Waals surface area contributed by atoms with E-state index < -0.39 is 0 Å². The highest BCUT2D eigenvalue weighted by Gasteiger charge is 2.13. The van der Waals surface area contributed by atoms with Crippen molar-refractivity contribution in [3.63, 3.8) is 0 Å². The number of hydrogen-bond donors (Lipinski definition) is 0. The Hall–Kier alpha value is -1.23. The van der Waals surface area contributed by atoms with Gasteiger partial charge in [0.15, 0.2) is 0 Å². The summed E-state index contributed by atoms with van der Waals surface area (Å²) in [6.07, 6.45) is 9.33. The summed E-state index contributed by atoms with van der Waals surface area (Å²) in [5.74, 6) is 2.62. The number of aryl methyl sites for hydroxylation is 1. The molecule has 0 fully saturated rings. The second-order valence-corrected chi connectivity index (χ2v) is 2.48. The Kier molecular flexibility index (Phi) is 1.04. The van der Waals surface area contributed by atoms with Gasteiger partial charge in [-0.1, -0.05) is 5.92 Å². The first-order valence-corrected chi connectivity index (χ1v) is 3.43. The molecule has 0 saturated carbocycles. The van der Waals surface area contributed by atoms with Crippen molar-refractivity contribution in [3.8, 4) is 12.3 Å². The summed E-state index contributed by atoms with van der Waals surface area (Å²) in [4.78, 5) is 0. The average molecular weight is 132 g/mol. The molecular weight excluding hydrogens is 124 g/mol. The van der Waals surface area contributed by atoms with E-state index >= 15 is 0 Å². The molecule has 0 amide bonds. The molecule has 0 aromatic carbocycles. The summed E-state index contributed by atoms with van der Waals surface area (Å²) in [5.41, 5.74) is 2.21. The fraction of sp³-hybridized carbons (Fsp3) is 0.375. The zero-order valence-corrected chi connectivity index (χ0v) is 5.67. The van der Waals surface area contributed by atoms with E-state index in [9.17, 15) is 0 Å². The van der Waals surface area contributed by atoms with Gasteiger partial charge in [-0.2, -0.15) is 5.10 Å². The lowest BCUT2D eigenvalue weighted by molar-refractivity contribution is 0.656. The van der Waals surface area contributed by atoms with Gasteiger partial charge in [0.25, 0.3) is 0 Å². The van der Waals surface area contributed by atoms with Gasteiger partial charge < -0.3 is 0 Å². The quantitative estimate of drug-likeness (QED) is 0.478. The highest BCUT2D eigenvalue weighted by atomic mass is 15.3. The van der Waals surface area contributed by atoms with Gasteiger partial charge in [-0.15, -0.1) is 6.42 Å². The monoisotopic (exact) mass is 132 g/mol. The summed E-state index contributed by atoms with van der Waals surface area (Å²) in [7, 11) is 0. The van der Waals surface area contributed by atoms with E-state index in [2.05, 4.69) is 11.0 Å². The summed E-state index contributed by atoms with van der Waals surface area (Å²) in [6.45, 7) is 1.04. The van der Waals surface area contributed by atoms with Gasteiger partial charge in [0.05, 0.1) is 17.5 Å². The molecule has 0 unspecified atom stereocenters. The predicted molar refractivity (Wildman–Crippen MR) is 38.5 cm³/mol. The largest absolute Gasteiger partial charge is 0.268 e. The molecule has 1 aromatic heterocycles. The van der Waals surface area contributed by atoms with E-state index in [1.807, 2.05) is 4.68 Å². The lowest BCUT2D eigenvalue weighted by Crippen LogP contribution is -1.93. The zero-order valence-electron chi connectivity index (χ0n) is 5.67. The summed E-state index contributed by atoms with van der Waals surface area (Å²) in [6, 6.07) is 0. The third kappa shape index (κ3) is 0.577. The van der Waals surface area contributed by atoms with Crippen molar-refractivity contribution in [2.24, 2.45) is 0 Å². The van der Waals surface area contributed by atoms with E-state index in [1.165, 1.54) is 12.1 Å². The molecule has 2 heterocycles. The zero-order chi connectivity index (χ0) is 6.97. The van der Waals surface area contributed by atoms with Crippen molar-refractivity contribution in [1.29, 1.82) is 0 Å². The number of aromatic nitrogens is 2. The molecule has 2 rings (SSSR count). The molecule has 0 saturated heterocycles. The number of nitrogens with zero attached hydrogens (tertiary/aromatic N) is 2. The van der Waals surface area contributed by atoms with Crippen molar-refractivity contribution in [1.82, 2.24) is 9.78 Å². The third-order valence-electron chi connectivity index (χ3n) is 1.89. The lowest BCUT2D eigenvalue weighted by atomic mass is 10.2. The number of hydrogen-bond acceptors (Lipinski definition) is 1. The first-order valence-electron chi connectivity index (χ1n) is 3.43. The van der Waals surface area contributed by atoms with E-state index in [0.29, 0.717) is 0 Å². The maximum atomic E-state index is 5.26. The minimum atomic E-state index is 0.970. The van der Waals surface area contributed by atoms with Crippen molar-refractivity contribution in [3.05, 3.63) is 17.5 Å². The Balaban J connectivity index is 2.57. The standard InChI is InChI=1S/C8H8N2/c1-2-7-6-9-10-5-3-4-8(7)10/h1,6H,3-5H2. The first kappa shape index (κ1) is 5.55. The van der Waals surface area contributed by atoms with Crippen LogP contribution < -0.4 is 0 Å². The molecule has 0 aliphatic carbocycles. The van der Waals surface area contributed by atoms with Crippen LogP contribution in [0.5, 0.6) is 0 Å². The van der Waals surface area contributed by atoms with E-state index in [0.717, 1.165) is 18.5 Å². The van der Waals surface area contributed by atoms with Crippen LogP contribution in [0.1, 0.15) is 17.7 Å². The third-order valence-corrected chi connectivity index (χ3v) is 1.89. The molecule has 0 N–H and O–H groups in total. The predicted octanol–water partition coefficient (Wildman–Crippen LogP) is 0.811. The number of terminal acetylenes is 1.